The maximum Gasteiger partial charge on any atom is 0.337 e. The Balaban J connectivity index is 2.39. The van der Waals surface area contributed by atoms with Crippen molar-refractivity contribution >= 4 is 21.7 Å². The molecule has 0 bridgehead atoms. The molecular weight excluding hydrogens is 304 g/mol. The molecule has 0 atom stereocenters. The second-order valence-electron chi connectivity index (χ2n) is 4.85. The van der Waals surface area contributed by atoms with Crippen LogP contribution in [-0.2, 0) is 16.6 Å². The first kappa shape index (κ1) is 16.0. The largest absolute Gasteiger partial charge is 0.478 e. The second-order valence-corrected chi connectivity index (χ2v) is 6.38. The first-order valence-corrected chi connectivity index (χ1v) is 8.02. The number of primary sulfonamides is 1. The highest BCUT2D eigenvalue weighted by molar-refractivity contribution is 7.89. The van der Waals surface area contributed by atoms with Gasteiger partial charge in [-0.3, -0.25) is 0 Å². The third kappa shape index (κ3) is 3.63. The van der Waals surface area contributed by atoms with E-state index in [1.807, 2.05) is 30.3 Å². The molecule has 7 heteroatoms. The molecule has 0 radical (unpaired) electrons. The predicted molar refractivity (Wildman–Crippen MR) is 83.3 cm³/mol. The molecule has 0 saturated heterocycles. The van der Waals surface area contributed by atoms with Gasteiger partial charge in [-0.2, -0.15) is 0 Å². The van der Waals surface area contributed by atoms with Crippen molar-refractivity contribution in [1.82, 2.24) is 0 Å². The van der Waals surface area contributed by atoms with E-state index in [1.165, 1.54) is 6.07 Å². The van der Waals surface area contributed by atoms with Crippen molar-refractivity contribution in [1.29, 1.82) is 0 Å². The fourth-order valence-corrected chi connectivity index (χ4v) is 2.90. The predicted octanol–water partition coefficient (Wildman–Crippen LogP) is 1.95. The highest BCUT2D eigenvalue weighted by Crippen LogP contribution is 2.24. The first-order chi connectivity index (χ1) is 10.3. The van der Waals surface area contributed by atoms with Crippen molar-refractivity contribution in [2.45, 2.75) is 18.4 Å². The van der Waals surface area contributed by atoms with Gasteiger partial charge in [0.15, 0.2) is 0 Å². The zero-order valence-electron chi connectivity index (χ0n) is 11.9. The van der Waals surface area contributed by atoms with Gasteiger partial charge in [-0.1, -0.05) is 30.3 Å². The summed E-state index contributed by atoms with van der Waals surface area (Å²) in [5.74, 6) is -1.22. The summed E-state index contributed by atoms with van der Waals surface area (Å²) < 4.78 is 23.0. The van der Waals surface area contributed by atoms with Gasteiger partial charge in [0.1, 0.15) is 0 Å². The minimum Gasteiger partial charge on any atom is -0.478 e. The van der Waals surface area contributed by atoms with E-state index in [-0.39, 0.29) is 10.5 Å². The Morgan fingerprint density at radius 2 is 1.86 bits per heavy atom. The number of sulfonamides is 1. The van der Waals surface area contributed by atoms with Crippen molar-refractivity contribution in [3.05, 3.63) is 59.2 Å². The molecule has 0 aromatic heterocycles. The maximum absolute atomic E-state index is 11.5. The Morgan fingerprint density at radius 1 is 1.23 bits per heavy atom. The first-order valence-electron chi connectivity index (χ1n) is 6.47. The number of aromatic carboxylic acids is 1. The van der Waals surface area contributed by atoms with E-state index in [4.69, 9.17) is 5.14 Å². The van der Waals surface area contributed by atoms with Gasteiger partial charge < -0.3 is 10.4 Å². The number of benzene rings is 2. The van der Waals surface area contributed by atoms with Crippen LogP contribution in [0.3, 0.4) is 0 Å². The summed E-state index contributed by atoms with van der Waals surface area (Å²) in [5, 5.41) is 17.4. The van der Waals surface area contributed by atoms with E-state index >= 15 is 0 Å². The molecule has 2 aromatic rings. The molecule has 0 aliphatic carbocycles. The molecular formula is C15H16N2O4S. The Labute approximate surface area is 128 Å². The molecule has 4 N–H and O–H groups in total. The summed E-state index contributed by atoms with van der Waals surface area (Å²) in [6, 6.07) is 12.0. The number of nitrogens with two attached hydrogens (primary N) is 1. The summed E-state index contributed by atoms with van der Waals surface area (Å²) in [6.07, 6.45) is 0. The highest BCUT2D eigenvalue weighted by Gasteiger charge is 2.18. The number of carbonyl (C=O) groups is 1. The van der Waals surface area contributed by atoms with E-state index < -0.39 is 16.0 Å². The van der Waals surface area contributed by atoms with Crippen LogP contribution in [0.2, 0.25) is 0 Å². The summed E-state index contributed by atoms with van der Waals surface area (Å²) in [4.78, 5) is 11.2. The zero-order valence-corrected chi connectivity index (χ0v) is 12.7. The van der Waals surface area contributed by atoms with Crippen molar-refractivity contribution in [2.24, 2.45) is 5.14 Å². The topological polar surface area (TPSA) is 109 Å². The van der Waals surface area contributed by atoms with Gasteiger partial charge in [0.25, 0.3) is 0 Å². The Bertz CT molecular complexity index is 802. The van der Waals surface area contributed by atoms with Gasteiger partial charge in [0, 0.05) is 12.2 Å². The van der Waals surface area contributed by atoms with Crippen LogP contribution in [0, 0.1) is 6.92 Å². The number of hydrogen-bond acceptors (Lipinski definition) is 4. The number of hydrogen-bond donors (Lipinski definition) is 3. The normalized spacial score (nSPS) is 11.2. The molecule has 0 aliphatic rings. The van der Waals surface area contributed by atoms with Gasteiger partial charge in [-0.05, 0) is 30.2 Å². The SMILES string of the molecule is Cc1cc(NCc2ccccc2)c(C(=O)O)cc1S(N)(=O)=O. The Kier molecular flexibility index (Phi) is 4.48. The molecule has 2 rings (SSSR count). The van der Waals surface area contributed by atoms with E-state index in [9.17, 15) is 18.3 Å². The van der Waals surface area contributed by atoms with Crippen LogP contribution < -0.4 is 10.5 Å². The lowest BCUT2D eigenvalue weighted by Crippen LogP contribution is -2.16. The third-order valence-electron chi connectivity index (χ3n) is 3.18. The van der Waals surface area contributed by atoms with Crippen LogP contribution in [0.4, 0.5) is 5.69 Å². The lowest BCUT2D eigenvalue weighted by molar-refractivity contribution is 0.0697. The number of carboxylic acid groups (broad SMARTS) is 1. The lowest BCUT2D eigenvalue weighted by Gasteiger charge is -2.13. The smallest absolute Gasteiger partial charge is 0.337 e. The van der Waals surface area contributed by atoms with Crippen LogP contribution in [0.1, 0.15) is 21.5 Å². The minimum atomic E-state index is -3.96. The van der Waals surface area contributed by atoms with Gasteiger partial charge in [0.05, 0.1) is 10.5 Å². The molecule has 0 aliphatic heterocycles. The number of aryl methyl sites for hydroxylation is 1. The lowest BCUT2D eigenvalue weighted by atomic mass is 10.1. The average Bonchev–Trinajstić information content (AvgIpc) is 2.44. The van der Waals surface area contributed by atoms with Crippen molar-refractivity contribution < 1.29 is 18.3 Å². The molecule has 116 valence electrons. The fraction of sp³-hybridized carbons (Fsp3) is 0.133. The highest BCUT2D eigenvalue weighted by atomic mass is 32.2. The summed E-state index contributed by atoms with van der Waals surface area (Å²) in [6.45, 7) is 1.99. The van der Waals surface area contributed by atoms with E-state index in [1.54, 1.807) is 6.92 Å². The average molecular weight is 320 g/mol. The zero-order chi connectivity index (χ0) is 16.3. The van der Waals surface area contributed by atoms with Gasteiger partial charge in [-0.15, -0.1) is 0 Å². The molecule has 2 aromatic carbocycles. The number of anilines is 1. The van der Waals surface area contributed by atoms with Crippen LogP contribution in [0.15, 0.2) is 47.4 Å². The molecule has 0 unspecified atom stereocenters. The summed E-state index contributed by atoms with van der Waals surface area (Å²) >= 11 is 0. The Hall–Kier alpha value is -2.38. The standard InChI is InChI=1S/C15H16N2O4S/c1-10-7-13(17-9-11-5-3-2-4-6-11)12(15(18)19)8-14(10)22(16,20)21/h2-8,17H,9H2,1H3,(H,18,19)(H2,16,20,21). The van der Waals surface area contributed by atoms with Crippen LogP contribution in [-0.4, -0.2) is 19.5 Å². The minimum absolute atomic E-state index is 0.134. The van der Waals surface area contributed by atoms with E-state index in [0.29, 0.717) is 17.8 Å². The number of carboxylic acids is 1. The number of nitrogens with one attached hydrogen (secondary N) is 1. The molecule has 0 spiro atoms. The third-order valence-corrected chi connectivity index (χ3v) is 4.23. The number of rotatable bonds is 5. The monoisotopic (exact) mass is 320 g/mol. The second kappa shape index (κ2) is 6.17. The molecule has 0 fully saturated rings. The quantitative estimate of drug-likeness (QED) is 0.780. The maximum atomic E-state index is 11.5. The van der Waals surface area contributed by atoms with E-state index in [0.717, 1.165) is 11.6 Å². The molecule has 6 nitrogen and oxygen atoms in total. The summed E-state index contributed by atoms with van der Waals surface area (Å²) in [5.41, 5.74) is 1.59. The van der Waals surface area contributed by atoms with Gasteiger partial charge in [0.2, 0.25) is 10.0 Å². The van der Waals surface area contributed by atoms with Gasteiger partial charge >= 0.3 is 5.97 Å². The van der Waals surface area contributed by atoms with Crippen molar-refractivity contribution in [3.63, 3.8) is 0 Å². The van der Waals surface area contributed by atoms with Crippen LogP contribution in [0.25, 0.3) is 0 Å². The van der Waals surface area contributed by atoms with Crippen LogP contribution in [0.5, 0.6) is 0 Å². The Morgan fingerprint density at radius 3 is 2.41 bits per heavy atom. The van der Waals surface area contributed by atoms with Crippen LogP contribution >= 0.6 is 0 Å². The molecule has 0 heterocycles. The molecule has 22 heavy (non-hydrogen) atoms. The fourth-order valence-electron chi connectivity index (χ4n) is 2.11. The molecule has 0 saturated carbocycles. The molecule has 0 amide bonds. The van der Waals surface area contributed by atoms with Gasteiger partial charge in [-0.25, -0.2) is 18.4 Å². The van der Waals surface area contributed by atoms with Crippen molar-refractivity contribution in [2.75, 3.05) is 5.32 Å². The summed E-state index contributed by atoms with van der Waals surface area (Å²) in [7, 11) is -3.96. The van der Waals surface area contributed by atoms with E-state index in [2.05, 4.69) is 5.32 Å². The van der Waals surface area contributed by atoms with Crippen molar-refractivity contribution in [3.8, 4) is 0 Å².